The third-order valence-electron chi connectivity index (χ3n) is 6.68. The summed E-state index contributed by atoms with van der Waals surface area (Å²) in [4.78, 5) is 12.9. The van der Waals surface area contributed by atoms with Gasteiger partial charge in [-0.3, -0.25) is 4.79 Å². The van der Waals surface area contributed by atoms with Crippen molar-refractivity contribution in [3.63, 3.8) is 0 Å². The maximum atomic E-state index is 14.1. The van der Waals surface area contributed by atoms with Gasteiger partial charge in [-0.2, -0.15) is 26.3 Å². The molecule has 0 spiro atoms. The molecule has 0 bridgehead atoms. The van der Waals surface area contributed by atoms with E-state index in [-0.39, 0.29) is 28.1 Å². The van der Waals surface area contributed by atoms with Crippen molar-refractivity contribution in [1.29, 1.82) is 0 Å². The predicted octanol–water partition coefficient (Wildman–Crippen LogP) is 11.9. The fourth-order valence-electron chi connectivity index (χ4n) is 4.46. The molecule has 0 saturated heterocycles. The van der Waals surface area contributed by atoms with Crippen LogP contribution in [0.5, 0.6) is 17.2 Å². The lowest BCUT2D eigenvalue weighted by Gasteiger charge is -2.24. The van der Waals surface area contributed by atoms with Gasteiger partial charge in [-0.1, -0.05) is 71.0 Å². The number of benzene rings is 4. The molecule has 9 heteroatoms. The van der Waals surface area contributed by atoms with E-state index >= 15 is 0 Å². The molecule has 3 nitrogen and oxygen atoms in total. The van der Waals surface area contributed by atoms with E-state index in [1.54, 1.807) is 32.9 Å². The zero-order chi connectivity index (χ0) is 34.7. The molecule has 0 aliphatic heterocycles. The van der Waals surface area contributed by atoms with Crippen molar-refractivity contribution in [1.82, 2.24) is 0 Å². The number of halogens is 6. The van der Waals surface area contributed by atoms with Crippen LogP contribution in [0.1, 0.15) is 88.0 Å². The Morgan fingerprint density at radius 3 is 1.39 bits per heavy atom. The van der Waals surface area contributed by atoms with E-state index in [2.05, 4.69) is 20.8 Å². The number of carbonyl (C=O) groups excluding carboxylic acids is 1. The maximum absolute atomic E-state index is 14.1. The second kappa shape index (κ2) is 13.6. The van der Waals surface area contributed by atoms with Crippen LogP contribution in [0.25, 0.3) is 11.1 Å². The third kappa shape index (κ3) is 9.14. The van der Waals surface area contributed by atoms with Crippen LogP contribution in [0.15, 0.2) is 84.9 Å². The van der Waals surface area contributed by atoms with Crippen LogP contribution < -0.4 is 9.47 Å². The minimum Gasteiger partial charge on any atom is -0.488 e. The molecule has 246 valence electrons. The van der Waals surface area contributed by atoms with E-state index in [0.29, 0.717) is 11.1 Å². The molecule has 0 unspecified atom stereocenters. The second-order valence-corrected chi connectivity index (χ2v) is 12.4. The molecule has 0 saturated carbocycles. The lowest BCUT2D eigenvalue weighted by molar-refractivity contribution is -0.140. The van der Waals surface area contributed by atoms with Crippen LogP contribution in [-0.2, 0) is 17.8 Å². The highest BCUT2D eigenvalue weighted by molar-refractivity contribution is 6.09. The number of ether oxygens (including phenoxy) is 2. The first-order valence-corrected chi connectivity index (χ1v) is 14.8. The predicted molar refractivity (Wildman–Crippen MR) is 169 cm³/mol. The average Bonchev–Trinajstić information content (AvgIpc) is 2.96. The van der Waals surface area contributed by atoms with Crippen LogP contribution in [0, 0.1) is 0 Å². The average molecular weight is 645 g/mol. The Balaban J connectivity index is 0.00000282. The molecule has 0 aliphatic rings. The highest BCUT2D eigenvalue weighted by Gasteiger charge is 2.37. The molecule has 0 N–H and O–H groups in total. The maximum Gasteiger partial charge on any atom is 0.420 e. The van der Waals surface area contributed by atoms with Gasteiger partial charge >= 0.3 is 12.4 Å². The number of alkyl halides is 6. The van der Waals surface area contributed by atoms with Gasteiger partial charge in [0.15, 0.2) is 5.78 Å². The summed E-state index contributed by atoms with van der Waals surface area (Å²) in [6, 6.07) is 19.1. The Kier molecular flexibility index (Phi) is 10.7. The van der Waals surface area contributed by atoms with Gasteiger partial charge in [-0.25, -0.2) is 0 Å². The first-order valence-electron chi connectivity index (χ1n) is 14.8. The minimum atomic E-state index is -4.87. The summed E-state index contributed by atoms with van der Waals surface area (Å²) >= 11 is 0. The van der Waals surface area contributed by atoms with Crippen molar-refractivity contribution in [2.45, 2.75) is 78.8 Å². The summed E-state index contributed by atoms with van der Waals surface area (Å²) < 4.78 is 94.8. The fourth-order valence-corrected chi connectivity index (χ4v) is 4.46. The molecular formula is C37H38F6O3. The number of ketones is 1. The van der Waals surface area contributed by atoms with Crippen molar-refractivity contribution in [3.8, 4) is 28.4 Å². The first kappa shape index (κ1) is 36.2. The van der Waals surface area contributed by atoms with Crippen molar-refractivity contribution in [2.24, 2.45) is 0 Å². The van der Waals surface area contributed by atoms with Crippen LogP contribution in [0.4, 0.5) is 26.3 Å². The smallest absolute Gasteiger partial charge is 0.420 e. The van der Waals surface area contributed by atoms with Crippen molar-refractivity contribution in [3.05, 3.63) is 113 Å². The molecule has 4 rings (SSSR count). The molecule has 4 aromatic rings. The highest BCUT2D eigenvalue weighted by atomic mass is 19.4. The van der Waals surface area contributed by atoms with Gasteiger partial charge in [0.05, 0.1) is 11.1 Å². The molecule has 0 aliphatic carbocycles. The Morgan fingerprint density at radius 2 is 0.978 bits per heavy atom. The number of hydrogen-bond donors (Lipinski definition) is 0. The summed E-state index contributed by atoms with van der Waals surface area (Å²) in [7, 11) is 0. The zero-order valence-corrected chi connectivity index (χ0v) is 27.1. The molecule has 46 heavy (non-hydrogen) atoms. The quantitative estimate of drug-likeness (QED) is 0.155. The lowest BCUT2D eigenvalue weighted by atomic mass is 9.86. The van der Waals surface area contributed by atoms with Gasteiger partial charge < -0.3 is 9.47 Å². The minimum absolute atomic E-state index is 0.0471. The highest BCUT2D eigenvalue weighted by Crippen LogP contribution is 2.43. The first-order chi connectivity index (χ1) is 21.2. The molecule has 4 aromatic carbocycles. The number of rotatable bonds is 6. The van der Waals surface area contributed by atoms with Crippen LogP contribution in [0.2, 0.25) is 0 Å². The van der Waals surface area contributed by atoms with Crippen molar-refractivity contribution in [2.75, 3.05) is 0 Å². The van der Waals surface area contributed by atoms with E-state index in [9.17, 15) is 31.1 Å². The normalized spacial score (nSPS) is 12.2. The van der Waals surface area contributed by atoms with E-state index < -0.39 is 40.6 Å². The van der Waals surface area contributed by atoms with Gasteiger partial charge in [0.1, 0.15) is 22.8 Å². The van der Waals surface area contributed by atoms with Gasteiger partial charge in [-0.05, 0) is 91.4 Å². The Morgan fingerprint density at radius 1 is 0.565 bits per heavy atom. The van der Waals surface area contributed by atoms with Gasteiger partial charge in [0.2, 0.25) is 0 Å². The van der Waals surface area contributed by atoms with Crippen LogP contribution in [-0.4, -0.2) is 11.4 Å². The molecule has 0 radical (unpaired) electrons. The Hall–Kier alpha value is -4.27. The number of hydrogen-bond acceptors (Lipinski definition) is 3. The summed E-state index contributed by atoms with van der Waals surface area (Å²) in [5.41, 5.74) is -1.57. The molecule has 0 atom stereocenters. The summed E-state index contributed by atoms with van der Waals surface area (Å²) in [6.07, 6.45) is -9.67. The third-order valence-corrected chi connectivity index (χ3v) is 6.68. The van der Waals surface area contributed by atoms with Gasteiger partial charge in [0, 0.05) is 11.1 Å². The zero-order valence-electron chi connectivity index (χ0n) is 27.1. The fraction of sp³-hybridized carbons (Fsp3) is 0.324. The SMILES string of the molecule is CC.CC(C)(C)Oc1ccc(-c2ccc(Oc3ccc(C(=O)c4ccc(C(C)(C)C)cc4)cc3)c(C(F)(F)F)c2)cc1C(F)(F)F. The molecular weight excluding hydrogens is 606 g/mol. The Bertz CT molecular complexity index is 1640. The molecule has 0 amide bonds. The summed E-state index contributed by atoms with van der Waals surface area (Å²) in [6.45, 7) is 14.9. The van der Waals surface area contributed by atoms with Crippen molar-refractivity contribution < 1.29 is 40.6 Å². The summed E-state index contributed by atoms with van der Waals surface area (Å²) in [5, 5.41) is 0. The topological polar surface area (TPSA) is 35.5 Å². The lowest BCUT2D eigenvalue weighted by Crippen LogP contribution is -2.24. The Labute approximate surface area is 266 Å². The number of carbonyl (C=O) groups is 1. The van der Waals surface area contributed by atoms with Crippen LogP contribution >= 0.6 is 0 Å². The summed E-state index contributed by atoms with van der Waals surface area (Å²) in [5.74, 6) is -1.17. The second-order valence-electron chi connectivity index (χ2n) is 12.4. The standard InChI is InChI=1S/C35H32F6O3.C2H6/c1-32(2,3)25-13-7-21(8-14-25)31(42)22-9-15-26(16-10-22)43-29-17-11-23(19-27(29)34(36,37)38)24-12-18-30(44-33(4,5)6)28(20-24)35(39,40)41;1-2/h7-20H,1-6H3;1-2H3. The van der Waals surface area contributed by atoms with E-state index in [1.807, 2.05) is 26.0 Å². The van der Waals surface area contributed by atoms with Crippen LogP contribution in [0.3, 0.4) is 0 Å². The molecule has 0 heterocycles. The van der Waals surface area contributed by atoms with Crippen molar-refractivity contribution >= 4 is 5.78 Å². The van der Waals surface area contributed by atoms with E-state index in [1.165, 1.54) is 36.4 Å². The molecule has 0 aromatic heterocycles. The van der Waals surface area contributed by atoms with Gasteiger partial charge in [0.25, 0.3) is 0 Å². The largest absolute Gasteiger partial charge is 0.488 e. The monoisotopic (exact) mass is 644 g/mol. The van der Waals surface area contributed by atoms with E-state index in [4.69, 9.17) is 9.47 Å². The van der Waals surface area contributed by atoms with Gasteiger partial charge in [-0.15, -0.1) is 0 Å². The van der Waals surface area contributed by atoms with E-state index in [0.717, 1.165) is 29.8 Å². The molecule has 0 fully saturated rings.